The Morgan fingerprint density at radius 2 is 1.87 bits per heavy atom. The molecule has 1 atom stereocenters. The number of benzene rings is 1. The quantitative estimate of drug-likeness (QED) is 0.529. The second-order valence-electron chi connectivity index (χ2n) is 10.2. The molecule has 0 aromatic heterocycles. The average Bonchev–Trinajstić information content (AvgIpc) is 3.02. The van der Waals surface area contributed by atoms with Crippen molar-refractivity contribution in [2.75, 3.05) is 24.6 Å². The van der Waals surface area contributed by atoms with E-state index in [0.29, 0.717) is 19.0 Å². The number of amides is 1. The third-order valence-electron chi connectivity index (χ3n) is 6.79. The maximum atomic E-state index is 12.6. The van der Waals surface area contributed by atoms with Crippen molar-refractivity contribution in [3.63, 3.8) is 0 Å². The molecule has 2 aliphatic heterocycles. The maximum Gasteiger partial charge on any atom is 0.243 e. The summed E-state index contributed by atoms with van der Waals surface area (Å²) in [6, 6.07) is 7.02. The molecule has 1 N–H and O–H groups in total. The van der Waals surface area contributed by atoms with Gasteiger partial charge in [-0.25, -0.2) is 5.01 Å². The van der Waals surface area contributed by atoms with Crippen LogP contribution in [0.15, 0.2) is 23.3 Å². The first-order valence-electron chi connectivity index (χ1n) is 12.2. The number of anilines is 1. The maximum absolute atomic E-state index is 12.6. The minimum absolute atomic E-state index is 0.0313. The zero-order valence-corrected chi connectivity index (χ0v) is 20.2. The van der Waals surface area contributed by atoms with Gasteiger partial charge in [0.15, 0.2) is 0 Å². The SMILES string of the molecule is CCCCCCCCN1N=C(c2ccc3c(c2)C(C)(C)CN3C(C)C)C(CO)CC1=O. The van der Waals surface area contributed by atoms with Crippen molar-refractivity contribution in [2.45, 2.75) is 91.0 Å². The van der Waals surface area contributed by atoms with Crippen molar-refractivity contribution in [2.24, 2.45) is 11.0 Å². The Morgan fingerprint density at radius 1 is 1.16 bits per heavy atom. The van der Waals surface area contributed by atoms with Gasteiger partial charge in [-0.15, -0.1) is 0 Å². The number of unbranched alkanes of at least 4 members (excludes halogenated alkanes) is 5. The monoisotopic (exact) mass is 427 g/mol. The first-order chi connectivity index (χ1) is 14.8. The fraction of sp³-hybridized carbons (Fsp3) is 0.692. The smallest absolute Gasteiger partial charge is 0.243 e. The number of hydrogen-bond acceptors (Lipinski definition) is 4. The molecule has 0 saturated heterocycles. The number of nitrogens with zero attached hydrogens (tertiary/aromatic N) is 3. The second kappa shape index (κ2) is 10.2. The highest BCUT2D eigenvalue weighted by Crippen LogP contribution is 2.42. The van der Waals surface area contributed by atoms with E-state index in [1.165, 1.54) is 36.9 Å². The molecule has 2 heterocycles. The van der Waals surface area contributed by atoms with Gasteiger partial charge in [-0.2, -0.15) is 5.10 Å². The van der Waals surface area contributed by atoms with Crippen LogP contribution in [0.5, 0.6) is 0 Å². The number of hydrazone groups is 1. The van der Waals surface area contributed by atoms with Gasteiger partial charge in [0.25, 0.3) is 0 Å². The molecule has 0 radical (unpaired) electrons. The standard InChI is InChI=1S/C26H41N3O2/c1-6-7-8-9-10-11-14-29-24(31)16-21(17-30)25(27-29)20-12-13-23-22(15-20)26(4,5)18-28(23)19(2)3/h12-13,15,19,21,30H,6-11,14,16-18H2,1-5H3. The largest absolute Gasteiger partial charge is 0.396 e. The summed E-state index contributed by atoms with van der Waals surface area (Å²) in [5.74, 6) is -0.194. The van der Waals surface area contributed by atoms with E-state index in [-0.39, 0.29) is 23.8 Å². The molecule has 3 rings (SSSR count). The Kier molecular flexibility index (Phi) is 7.79. The fourth-order valence-electron chi connectivity index (χ4n) is 4.89. The Morgan fingerprint density at radius 3 is 2.55 bits per heavy atom. The summed E-state index contributed by atoms with van der Waals surface area (Å²) in [5, 5.41) is 16.4. The van der Waals surface area contributed by atoms with Crippen molar-refractivity contribution in [3.8, 4) is 0 Å². The molecule has 0 aliphatic carbocycles. The van der Waals surface area contributed by atoms with E-state index >= 15 is 0 Å². The van der Waals surface area contributed by atoms with Crippen LogP contribution in [0, 0.1) is 5.92 Å². The van der Waals surface area contributed by atoms with Crippen LogP contribution in [-0.2, 0) is 10.2 Å². The predicted molar refractivity (Wildman–Crippen MR) is 129 cm³/mol. The number of aliphatic hydroxyl groups is 1. The summed E-state index contributed by atoms with van der Waals surface area (Å²) >= 11 is 0. The summed E-state index contributed by atoms with van der Waals surface area (Å²) in [6.45, 7) is 12.9. The van der Waals surface area contributed by atoms with Gasteiger partial charge in [0.05, 0.1) is 12.3 Å². The second-order valence-corrected chi connectivity index (χ2v) is 10.2. The summed E-state index contributed by atoms with van der Waals surface area (Å²) in [7, 11) is 0. The zero-order valence-electron chi connectivity index (χ0n) is 20.2. The van der Waals surface area contributed by atoms with Crippen LogP contribution in [0.25, 0.3) is 0 Å². The zero-order chi connectivity index (χ0) is 22.6. The Hall–Kier alpha value is -1.88. The van der Waals surface area contributed by atoms with Crippen molar-refractivity contribution in [3.05, 3.63) is 29.3 Å². The molecule has 31 heavy (non-hydrogen) atoms. The lowest BCUT2D eigenvalue weighted by molar-refractivity contribution is -0.133. The first kappa shape index (κ1) is 23.8. The number of aliphatic hydroxyl groups excluding tert-OH is 1. The van der Waals surface area contributed by atoms with Crippen molar-refractivity contribution >= 4 is 17.3 Å². The molecular weight excluding hydrogens is 386 g/mol. The van der Waals surface area contributed by atoms with Crippen molar-refractivity contribution < 1.29 is 9.90 Å². The van der Waals surface area contributed by atoms with Gasteiger partial charge in [-0.1, -0.05) is 58.9 Å². The molecule has 5 nitrogen and oxygen atoms in total. The van der Waals surface area contributed by atoms with Gasteiger partial charge < -0.3 is 10.0 Å². The van der Waals surface area contributed by atoms with E-state index in [2.05, 4.69) is 57.7 Å². The Balaban J connectivity index is 1.81. The Bertz CT molecular complexity index is 800. The summed E-state index contributed by atoms with van der Waals surface area (Å²) in [6.07, 6.45) is 7.47. The van der Waals surface area contributed by atoms with Gasteiger partial charge in [0.2, 0.25) is 5.91 Å². The molecule has 1 aromatic carbocycles. The molecule has 5 heteroatoms. The third-order valence-corrected chi connectivity index (χ3v) is 6.79. The normalized spacial score (nSPS) is 20.4. The molecule has 172 valence electrons. The molecule has 2 aliphatic rings. The summed E-state index contributed by atoms with van der Waals surface area (Å²) in [4.78, 5) is 15.1. The molecule has 0 fully saturated rings. The van der Waals surface area contributed by atoms with Gasteiger partial charge >= 0.3 is 0 Å². The molecular formula is C26H41N3O2. The van der Waals surface area contributed by atoms with Crippen molar-refractivity contribution in [1.29, 1.82) is 0 Å². The van der Waals surface area contributed by atoms with Gasteiger partial charge in [0.1, 0.15) is 0 Å². The highest BCUT2D eigenvalue weighted by atomic mass is 16.3. The van der Waals surface area contributed by atoms with Gasteiger partial charge in [0, 0.05) is 42.6 Å². The van der Waals surface area contributed by atoms with E-state index < -0.39 is 0 Å². The lowest BCUT2D eigenvalue weighted by Crippen LogP contribution is -2.39. The third kappa shape index (κ3) is 5.31. The summed E-state index contributed by atoms with van der Waals surface area (Å²) in [5.41, 5.74) is 4.58. The van der Waals surface area contributed by atoms with E-state index in [9.17, 15) is 9.90 Å². The highest BCUT2D eigenvalue weighted by molar-refractivity contribution is 6.06. The number of rotatable bonds is 10. The lowest BCUT2D eigenvalue weighted by Gasteiger charge is -2.29. The first-order valence-corrected chi connectivity index (χ1v) is 12.2. The average molecular weight is 428 g/mol. The topological polar surface area (TPSA) is 56.1 Å². The van der Waals surface area contributed by atoms with Crippen LogP contribution in [0.2, 0.25) is 0 Å². The van der Waals surface area contributed by atoms with Gasteiger partial charge in [-0.3, -0.25) is 4.79 Å². The van der Waals surface area contributed by atoms with Crippen LogP contribution in [0.3, 0.4) is 0 Å². The Labute approximate surface area is 188 Å². The van der Waals surface area contributed by atoms with Crippen LogP contribution in [-0.4, -0.2) is 47.5 Å². The van der Waals surface area contributed by atoms with Crippen LogP contribution >= 0.6 is 0 Å². The number of fused-ring (bicyclic) bond motifs is 1. The van der Waals surface area contributed by atoms with E-state index in [1.807, 2.05) is 0 Å². The molecule has 0 spiro atoms. The molecule has 0 bridgehead atoms. The van der Waals surface area contributed by atoms with E-state index in [1.54, 1.807) is 5.01 Å². The van der Waals surface area contributed by atoms with Crippen LogP contribution in [0.4, 0.5) is 5.69 Å². The number of hydrogen-bond donors (Lipinski definition) is 1. The minimum Gasteiger partial charge on any atom is -0.396 e. The highest BCUT2D eigenvalue weighted by Gasteiger charge is 2.37. The molecule has 1 unspecified atom stereocenters. The number of carbonyl (C=O) groups is 1. The van der Waals surface area contributed by atoms with Crippen LogP contribution in [0.1, 0.15) is 90.7 Å². The van der Waals surface area contributed by atoms with E-state index in [0.717, 1.165) is 30.7 Å². The fourth-order valence-corrected chi connectivity index (χ4v) is 4.89. The van der Waals surface area contributed by atoms with Crippen molar-refractivity contribution in [1.82, 2.24) is 5.01 Å². The van der Waals surface area contributed by atoms with E-state index in [4.69, 9.17) is 5.10 Å². The minimum atomic E-state index is -0.225. The molecule has 0 saturated carbocycles. The number of carbonyl (C=O) groups excluding carboxylic acids is 1. The summed E-state index contributed by atoms with van der Waals surface area (Å²) < 4.78 is 0. The lowest BCUT2D eigenvalue weighted by atomic mass is 9.84. The predicted octanol–water partition coefficient (Wildman–Crippen LogP) is 5.10. The molecule has 1 aromatic rings. The molecule has 1 amide bonds. The van der Waals surface area contributed by atoms with Gasteiger partial charge in [-0.05, 0) is 43.5 Å². The van der Waals surface area contributed by atoms with Crippen LogP contribution < -0.4 is 4.90 Å².